The van der Waals surface area contributed by atoms with Gasteiger partial charge < -0.3 is 31.7 Å². The average molecular weight is 385 g/mol. The maximum absolute atomic E-state index is 12.4. The van der Waals surface area contributed by atoms with Crippen molar-refractivity contribution in [3.63, 3.8) is 0 Å². The minimum absolute atomic E-state index is 0.0524. The maximum Gasteiger partial charge on any atom is 0.326 e. The summed E-state index contributed by atoms with van der Waals surface area (Å²) < 4.78 is 5.00. The fraction of sp³-hybridized carbons (Fsp3) is 0.688. The zero-order chi connectivity index (χ0) is 20.8. The fourth-order valence-corrected chi connectivity index (χ4v) is 2.13. The van der Waals surface area contributed by atoms with Gasteiger partial charge in [0.05, 0.1) is 6.61 Å². The number of hydrogen-bond donors (Lipinski definition) is 4. The van der Waals surface area contributed by atoms with Gasteiger partial charge >= 0.3 is 12.2 Å². The van der Waals surface area contributed by atoms with Gasteiger partial charge in [-0.3, -0.25) is 14.4 Å². The first-order valence-electron chi connectivity index (χ1n) is 8.51. The van der Waals surface area contributed by atoms with E-state index < -0.39 is 35.7 Å². The maximum atomic E-state index is 12.4. The molecule has 5 N–H and O–H groups in total. The van der Waals surface area contributed by atoms with Crippen molar-refractivity contribution in [3.8, 4) is 0 Å². The first kappa shape index (κ1) is 24.4. The summed E-state index contributed by atoms with van der Waals surface area (Å²) in [6.07, 6.45) is 0.532. The van der Waals surface area contributed by atoms with Crippen molar-refractivity contribution in [1.82, 2.24) is 10.6 Å². The number of carboxylic acids is 1. The summed E-state index contributed by atoms with van der Waals surface area (Å²) in [6, 6.07) is -2.27. The molecule has 0 radical (unpaired) electrons. The second-order valence-corrected chi connectivity index (χ2v) is 6.24. The largest absolute Gasteiger partial charge is 0.480 e. The van der Waals surface area contributed by atoms with Gasteiger partial charge in [-0.1, -0.05) is 13.8 Å². The molecule has 0 saturated carbocycles. The lowest BCUT2D eigenvalue weighted by Gasteiger charge is -2.22. The van der Waals surface area contributed by atoms with E-state index in [4.69, 9.17) is 16.0 Å². The molecule has 11 nitrogen and oxygen atoms in total. The van der Waals surface area contributed by atoms with Crippen LogP contribution in [0, 0.1) is 5.92 Å². The van der Waals surface area contributed by atoms with E-state index in [1.807, 2.05) is 13.8 Å². The van der Waals surface area contributed by atoms with E-state index in [0.717, 1.165) is 0 Å². The van der Waals surface area contributed by atoms with Crippen LogP contribution < -0.4 is 16.4 Å². The number of ether oxygens (including phenoxy) is 1. The molecule has 0 aliphatic carbocycles. The summed E-state index contributed by atoms with van der Waals surface area (Å²) in [7, 11) is 0. The Labute approximate surface area is 157 Å². The van der Waals surface area contributed by atoms with Gasteiger partial charge in [-0.25, -0.2) is 4.79 Å². The Morgan fingerprint density at radius 1 is 1.22 bits per heavy atom. The molecule has 2 amide bonds. The molecule has 0 rings (SSSR count). The van der Waals surface area contributed by atoms with Crippen LogP contribution >= 0.6 is 0 Å². The molecule has 0 fully saturated rings. The molecule has 152 valence electrons. The smallest absolute Gasteiger partial charge is 0.326 e. The molecule has 0 unspecified atom stereocenters. The van der Waals surface area contributed by atoms with Crippen LogP contribution in [0.3, 0.4) is 0 Å². The molecular weight excluding hydrogens is 358 g/mol. The van der Waals surface area contributed by atoms with Crippen LogP contribution in [-0.2, 0) is 23.9 Å². The monoisotopic (exact) mass is 385 g/mol. The number of carbonyl (C=O) groups excluding carboxylic acids is 3. The highest BCUT2D eigenvalue weighted by Gasteiger charge is 2.27. The van der Waals surface area contributed by atoms with Crippen molar-refractivity contribution in [3.05, 3.63) is 5.53 Å². The first-order chi connectivity index (χ1) is 12.7. The summed E-state index contributed by atoms with van der Waals surface area (Å²) >= 11 is 0. The molecule has 27 heavy (non-hydrogen) atoms. The van der Waals surface area contributed by atoms with Crippen LogP contribution in [0.25, 0.3) is 5.53 Å². The molecular formula is C16H27N5O6. The van der Waals surface area contributed by atoms with Crippen molar-refractivity contribution >= 4 is 29.8 Å². The minimum atomic E-state index is -1.33. The standard InChI is InChI=1S/C16H27N5O6/c1-10(2)7-13(20-14(23)9-27-6-5-17)15(24)21-12(16(25)26)4-3-11(22)8-19-18/h8,10,12-13H,3-7,9,17H2,1-2H3,(H,20,23)(H,21,24)(H,25,26)/t12-,13-/m0/s1. The van der Waals surface area contributed by atoms with E-state index in [-0.39, 0.29) is 44.9 Å². The number of aliphatic carboxylic acids is 1. The Morgan fingerprint density at radius 2 is 1.89 bits per heavy atom. The van der Waals surface area contributed by atoms with Gasteiger partial charge in [0.15, 0.2) is 0 Å². The van der Waals surface area contributed by atoms with Crippen LogP contribution in [0.5, 0.6) is 0 Å². The average Bonchev–Trinajstić information content (AvgIpc) is 2.57. The van der Waals surface area contributed by atoms with E-state index in [1.165, 1.54) is 0 Å². The van der Waals surface area contributed by atoms with E-state index in [2.05, 4.69) is 15.4 Å². The summed E-state index contributed by atoms with van der Waals surface area (Å²) in [6.45, 7) is 3.87. The first-order valence-corrected chi connectivity index (χ1v) is 8.51. The Hall–Kier alpha value is -2.62. The molecule has 0 aromatic rings. The highest BCUT2D eigenvalue weighted by Crippen LogP contribution is 2.07. The number of nitrogens with two attached hydrogens (primary N) is 1. The molecule has 0 bridgehead atoms. The van der Waals surface area contributed by atoms with Crippen molar-refractivity contribution in [2.75, 3.05) is 19.8 Å². The Morgan fingerprint density at radius 3 is 2.41 bits per heavy atom. The zero-order valence-electron chi connectivity index (χ0n) is 15.5. The lowest BCUT2D eigenvalue weighted by molar-refractivity contribution is -0.142. The molecule has 0 heterocycles. The molecule has 0 aromatic heterocycles. The molecule has 0 aromatic carbocycles. The number of carbonyl (C=O) groups is 4. The number of hydrogen-bond acceptors (Lipinski definition) is 6. The van der Waals surface area contributed by atoms with Crippen molar-refractivity contribution in [1.29, 1.82) is 0 Å². The van der Waals surface area contributed by atoms with Crippen LogP contribution in [0.1, 0.15) is 33.1 Å². The van der Waals surface area contributed by atoms with Gasteiger partial charge in [-0.15, -0.1) is 0 Å². The van der Waals surface area contributed by atoms with Crippen LogP contribution in [0.4, 0.5) is 0 Å². The van der Waals surface area contributed by atoms with Gasteiger partial charge in [0.25, 0.3) is 0 Å². The van der Waals surface area contributed by atoms with E-state index in [0.29, 0.717) is 6.21 Å². The van der Waals surface area contributed by atoms with Gasteiger partial charge in [-0.05, 0) is 18.8 Å². The Balaban J connectivity index is 4.90. The summed E-state index contributed by atoms with van der Waals surface area (Å²) in [5, 5.41) is 14.0. The normalized spacial score (nSPS) is 12.6. The number of ketones is 1. The molecule has 0 saturated heterocycles. The Kier molecular flexibility index (Phi) is 12.2. The molecule has 0 spiro atoms. The summed E-state index contributed by atoms with van der Waals surface area (Å²) in [5.41, 5.74) is 13.5. The number of rotatable bonds is 14. The third-order valence-electron chi connectivity index (χ3n) is 3.35. The number of nitrogens with zero attached hydrogens (tertiary/aromatic N) is 2. The molecule has 0 aliphatic heterocycles. The highest BCUT2D eigenvalue weighted by atomic mass is 16.5. The van der Waals surface area contributed by atoms with Crippen LogP contribution in [0.2, 0.25) is 0 Å². The molecule has 0 aliphatic rings. The van der Waals surface area contributed by atoms with Crippen molar-refractivity contribution < 1.29 is 33.8 Å². The van der Waals surface area contributed by atoms with Gasteiger partial charge in [-0.2, -0.15) is 4.79 Å². The third-order valence-corrected chi connectivity index (χ3v) is 3.35. The lowest BCUT2D eigenvalue weighted by Crippen LogP contribution is -2.52. The van der Waals surface area contributed by atoms with Gasteiger partial charge in [0, 0.05) is 13.0 Å². The predicted molar refractivity (Wildman–Crippen MR) is 94.8 cm³/mol. The van der Waals surface area contributed by atoms with E-state index in [1.54, 1.807) is 0 Å². The number of carboxylic acid groups (broad SMARTS) is 1. The number of amides is 2. The van der Waals surface area contributed by atoms with Crippen molar-refractivity contribution in [2.45, 2.75) is 45.2 Å². The zero-order valence-corrected chi connectivity index (χ0v) is 15.5. The Bertz CT molecular complexity index is 574. The SMILES string of the molecule is CC(C)C[C@H](NC(=O)COCCN)C(=O)N[C@@H](CCC(=O)C=[N+]=[N-])C(=O)O. The lowest BCUT2D eigenvalue weighted by atomic mass is 10.0. The van der Waals surface area contributed by atoms with E-state index >= 15 is 0 Å². The van der Waals surface area contributed by atoms with Gasteiger partial charge in [0.2, 0.25) is 17.6 Å². The minimum Gasteiger partial charge on any atom is -0.480 e. The quantitative estimate of drug-likeness (QED) is 0.124. The predicted octanol–water partition coefficient (Wildman–Crippen LogP) is -1.29. The summed E-state index contributed by atoms with van der Waals surface area (Å²) in [5.74, 6) is -3.05. The van der Waals surface area contributed by atoms with Crippen LogP contribution in [0.15, 0.2) is 0 Å². The third kappa shape index (κ3) is 11.6. The van der Waals surface area contributed by atoms with Crippen molar-refractivity contribution in [2.24, 2.45) is 11.7 Å². The summed E-state index contributed by atoms with van der Waals surface area (Å²) in [4.78, 5) is 49.5. The van der Waals surface area contributed by atoms with Crippen LogP contribution in [-0.4, -0.2) is 71.5 Å². The second-order valence-electron chi connectivity index (χ2n) is 6.24. The second kappa shape index (κ2) is 13.6. The fourth-order valence-electron chi connectivity index (χ4n) is 2.13. The number of Topliss-reactive ketones (excluding diaryl/α,β-unsaturated/α-hetero) is 1. The molecule has 11 heteroatoms. The van der Waals surface area contributed by atoms with E-state index in [9.17, 15) is 24.3 Å². The topological polar surface area (TPSA) is 184 Å². The van der Waals surface area contributed by atoms with Gasteiger partial charge in [0.1, 0.15) is 18.7 Å². The highest BCUT2D eigenvalue weighted by molar-refractivity contribution is 6.25. The number of nitrogens with one attached hydrogen (secondary N) is 2. The molecule has 2 atom stereocenters.